The number of aliphatic imine (C=N–C) groups is 1. The number of aromatic nitrogens is 2. The molecule has 1 heterocycles. The molecule has 0 aliphatic rings. The van der Waals surface area contributed by atoms with E-state index in [1.54, 1.807) is 26.1 Å². The standard InChI is InChI=1S/C14H16Cl3N5O2/c1-8-21-12(24-22-8)7-20-14(18-2)19-3-4-23-13-10(16)5-9(15)6-11(13)17/h5-6H,3-4,7H2,1-2H3,(H2,18,19,20). The zero-order valence-electron chi connectivity index (χ0n) is 13.1. The summed E-state index contributed by atoms with van der Waals surface area (Å²) in [5.41, 5.74) is 0. The SMILES string of the molecule is CN=C(NCCOc1c(Cl)cc(Cl)cc1Cl)NCc1nc(C)no1. The Hall–Kier alpha value is -1.70. The van der Waals surface area contributed by atoms with Crippen LogP contribution in [0.4, 0.5) is 0 Å². The molecule has 0 atom stereocenters. The smallest absolute Gasteiger partial charge is 0.246 e. The molecule has 0 aliphatic heterocycles. The molecule has 0 amide bonds. The van der Waals surface area contributed by atoms with Gasteiger partial charge in [0, 0.05) is 12.1 Å². The molecule has 0 saturated carbocycles. The quantitative estimate of drug-likeness (QED) is 0.446. The maximum Gasteiger partial charge on any atom is 0.246 e. The summed E-state index contributed by atoms with van der Waals surface area (Å²) in [5.74, 6) is 2.03. The summed E-state index contributed by atoms with van der Waals surface area (Å²) in [5, 5.41) is 11.0. The lowest BCUT2D eigenvalue weighted by atomic mass is 10.3. The number of benzene rings is 1. The Bertz CT molecular complexity index is 697. The van der Waals surface area contributed by atoms with Gasteiger partial charge in [0.15, 0.2) is 17.5 Å². The van der Waals surface area contributed by atoms with Crippen LogP contribution >= 0.6 is 34.8 Å². The third-order valence-electron chi connectivity index (χ3n) is 2.80. The largest absolute Gasteiger partial charge is 0.489 e. The van der Waals surface area contributed by atoms with E-state index in [9.17, 15) is 0 Å². The number of hydrogen-bond donors (Lipinski definition) is 2. The summed E-state index contributed by atoms with van der Waals surface area (Å²) < 4.78 is 10.6. The van der Waals surface area contributed by atoms with E-state index in [0.29, 0.717) is 58.2 Å². The second-order valence-corrected chi connectivity index (χ2v) is 5.89. The Balaban J connectivity index is 1.76. The van der Waals surface area contributed by atoms with Gasteiger partial charge in [-0.25, -0.2) is 0 Å². The normalized spacial score (nSPS) is 11.5. The minimum absolute atomic E-state index is 0.335. The van der Waals surface area contributed by atoms with E-state index in [4.69, 9.17) is 44.1 Å². The van der Waals surface area contributed by atoms with E-state index in [1.807, 2.05) is 0 Å². The van der Waals surface area contributed by atoms with Gasteiger partial charge in [0.2, 0.25) is 5.89 Å². The lowest BCUT2D eigenvalue weighted by Gasteiger charge is -2.13. The van der Waals surface area contributed by atoms with Crippen LogP contribution in [0.5, 0.6) is 5.75 Å². The molecule has 1 aromatic carbocycles. The first kappa shape index (κ1) is 18.6. The average molecular weight is 393 g/mol. The number of nitrogens with one attached hydrogen (secondary N) is 2. The van der Waals surface area contributed by atoms with Gasteiger partial charge in [-0.05, 0) is 19.1 Å². The van der Waals surface area contributed by atoms with Crippen LogP contribution in [0.25, 0.3) is 0 Å². The van der Waals surface area contributed by atoms with E-state index in [0.717, 1.165) is 0 Å². The molecule has 1 aromatic heterocycles. The molecular formula is C14H16Cl3N5O2. The van der Waals surface area contributed by atoms with Gasteiger partial charge in [-0.15, -0.1) is 0 Å². The van der Waals surface area contributed by atoms with Gasteiger partial charge in [-0.1, -0.05) is 40.0 Å². The van der Waals surface area contributed by atoms with Crippen molar-refractivity contribution in [2.75, 3.05) is 20.2 Å². The van der Waals surface area contributed by atoms with E-state index in [1.165, 1.54) is 0 Å². The molecule has 0 unspecified atom stereocenters. The van der Waals surface area contributed by atoms with E-state index in [-0.39, 0.29) is 0 Å². The van der Waals surface area contributed by atoms with Crippen molar-refractivity contribution in [3.8, 4) is 5.75 Å². The zero-order chi connectivity index (χ0) is 17.5. The number of guanidine groups is 1. The number of aryl methyl sites for hydroxylation is 1. The molecule has 0 spiro atoms. The molecule has 2 N–H and O–H groups in total. The second-order valence-electron chi connectivity index (χ2n) is 4.63. The van der Waals surface area contributed by atoms with E-state index in [2.05, 4.69) is 25.8 Å². The molecular weight excluding hydrogens is 377 g/mol. The molecule has 0 radical (unpaired) electrons. The van der Waals surface area contributed by atoms with Gasteiger partial charge < -0.3 is 19.9 Å². The number of nitrogens with zero attached hydrogens (tertiary/aromatic N) is 3. The van der Waals surface area contributed by atoms with Crippen LogP contribution < -0.4 is 15.4 Å². The van der Waals surface area contributed by atoms with E-state index < -0.39 is 0 Å². The Morgan fingerprint density at radius 1 is 1.25 bits per heavy atom. The first-order chi connectivity index (χ1) is 11.5. The van der Waals surface area contributed by atoms with Crippen molar-refractivity contribution < 1.29 is 9.26 Å². The Morgan fingerprint density at radius 3 is 2.54 bits per heavy atom. The van der Waals surface area contributed by atoms with Crippen molar-refractivity contribution in [1.29, 1.82) is 0 Å². The highest BCUT2D eigenvalue weighted by atomic mass is 35.5. The third kappa shape index (κ3) is 5.43. The Labute approximate surface area is 154 Å². The van der Waals surface area contributed by atoms with Crippen LogP contribution in [-0.4, -0.2) is 36.3 Å². The first-order valence-electron chi connectivity index (χ1n) is 7.00. The summed E-state index contributed by atoms with van der Waals surface area (Å²) in [4.78, 5) is 8.17. The molecule has 130 valence electrons. The van der Waals surface area contributed by atoms with Gasteiger partial charge >= 0.3 is 0 Å². The molecule has 7 nitrogen and oxygen atoms in total. The topological polar surface area (TPSA) is 84.6 Å². The van der Waals surface area contributed by atoms with Crippen molar-refractivity contribution in [2.24, 2.45) is 4.99 Å². The minimum Gasteiger partial charge on any atom is -0.489 e. The van der Waals surface area contributed by atoms with Crippen molar-refractivity contribution in [3.63, 3.8) is 0 Å². The highest BCUT2D eigenvalue weighted by Gasteiger charge is 2.09. The summed E-state index contributed by atoms with van der Waals surface area (Å²) >= 11 is 18.0. The van der Waals surface area contributed by atoms with Gasteiger partial charge in [-0.2, -0.15) is 4.98 Å². The molecule has 10 heteroatoms. The van der Waals surface area contributed by atoms with Crippen LogP contribution in [0.2, 0.25) is 15.1 Å². The minimum atomic E-state index is 0.335. The summed E-state index contributed by atoms with van der Waals surface area (Å²) in [6.07, 6.45) is 0. The molecule has 0 bridgehead atoms. The van der Waals surface area contributed by atoms with Crippen molar-refractivity contribution in [3.05, 3.63) is 38.9 Å². The molecule has 2 aromatic rings. The monoisotopic (exact) mass is 391 g/mol. The van der Waals surface area contributed by atoms with Crippen molar-refractivity contribution in [1.82, 2.24) is 20.8 Å². The van der Waals surface area contributed by atoms with Gasteiger partial charge in [0.05, 0.1) is 23.1 Å². The Kier molecular flexibility index (Phi) is 6.96. The molecule has 24 heavy (non-hydrogen) atoms. The maximum atomic E-state index is 6.05. The predicted octanol–water partition coefficient (Wildman–Crippen LogP) is 3.08. The lowest BCUT2D eigenvalue weighted by molar-refractivity contribution is 0.322. The van der Waals surface area contributed by atoms with Gasteiger partial charge in [-0.3, -0.25) is 4.99 Å². The molecule has 0 aliphatic carbocycles. The fraction of sp³-hybridized carbons (Fsp3) is 0.357. The fourth-order valence-corrected chi connectivity index (χ4v) is 2.71. The van der Waals surface area contributed by atoms with Crippen LogP contribution in [0.3, 0.4) is 0 Å². The molecule has 0 fully saturated rings. The lowest BCUT2D eigenvalue weighted by Crippen LogP contribution is -2.39. The third-order valence-corrected chi connectivity index (χ3v) is 3.58. The summed E-state index contributed by atoms with van der Waals surface area (Å²) in [6, 6.07) is 3.15. The summed E-state index contributed by atoms with van der Waals surface area (Å²) in [7, 11) is 1.65. The average Bonchev–Trinajstić information content (AvgIpc) is 2.94. The highest BCUT2D eigenvalue weighted by molar-refractivity contribution is 6.40. The maximum absolute atomic E-state index is 6.05. The van der Waals surface area contributed by atoms with Gasteiger partial charge in [0.25, 0.3) is 0 Å². The molecule has 2 rings (SSSR count). The van der Waals surface area contributed by atoms with Crippen LogP contribution in [0.15, 0.2) is 21.6 Å². The second kappa shape index (κ2) is 8.96. The fourth-order valence-electron chi connectivity index (χ4n) is 1.78. The number of rotatable bonds is 6. The van der Waals surface area contributed by atoms with Crippen LogP contribution in [0.1, 0.15) is 11.7 Å². The number of hydrogen-bond acceptors (Lipinski definition) is 5. The Morgan fingerprint density at radius 2 is 1.96 bits per heavy atom. The first-order valence-corrected chi connectivity index (χ1v) is 8.14. The van der Waals surface area contributed by atoms with Crippen molar-refractivity contribution in [2.45, 2.75) is 13.5 Å². The number of ether oxygens (including phenoxy) is 1. The van der Waals surface area contributed by atoms with Gasteiger partial charge in [0.1, 0.15) is 6.61 Å². The van der Waals surface area contributed by atoms with Crippen molar-refractivity contribution >= 4 is 40.8 Å². The summed E-state index contributed by atoms with van der Waals surface area (Å²) in [6.45, 7) is 2.94. The van der Waals surface area contributed by atoms with Crippen LogP contribution in [-0.2, 0) is 6.54 Å². The van der Waals surface area contributed by atoms with E-state index >= 15 is 0 Å². The van der Waals surface area contributed by atoms with Crippen LogP contribution in [0, 0.1) is 6.92 Å². The molecule has 0 saturated heterocycles. The highest BCUT2D eigenvalue weighted by Crippen LogP contribution is 2.35. The zero-order valence-corrected chi connectivity index (χ0v) is 15.3. The predicted molar refractivity (Wildman–Crippen MR) is 94.2 cm³/mol. The number of halogens is 3.